The molecule has 20 heavy (non-hydrogen) atoms. The van der Waals surface area contributed by atoms with Gasteiger partial charge in [-0.2, -0.15) is 0 Å². The molecule has 2 atom stereocenters. The van der Waals surface area contributed by atoms with Crippen LogP contribution in [-0.2, 0) is 4.74 Å². The number of unbranched alkanes of at least 4 members (excludes halogenated alkanes) is 1. The third-order valence-corrected chi connectivity index (χ3v) is 4.17. The number of carbonyl (C=O) groups excluding carboxylic acids is 1. The quantitative estimate of drug-likeness (QED) is 0.703. The van der Waals surface area contributed by atoms with Gasteiger partial charge in [-0.05, 0) is 59.3 Å². The number of amides is 1. The van der Waals surface area contributed by atoms with Gasteiger partial charge in [0.15, 0.2) is 0 Å². The molecule has 3 nitrogen and oxygen atoms in total. The van der Waals surface area contributed by atoms with Gasteiger partial charge in [-0.15, -0.1) is 0 Å². The van der Waals surface area contributed by atoms with Crippen LogP contribution in [0.25, 0.3) is 0 Å². The second-order valence-corrected chi connectivity index (χ2v) is 7.17. The molecular weight excluding hydrogens is 250 g/mol. The fraction of sp³-hybridized carbons (Fsp3) is 0.824. The van der Waals surface area contributed by atoms with Gasteiger partial charge in [0.05, 0.1) is 6.04 Å². The van der Waals surface area contributed by atoms with E-state index in [0.717, 1.165) is 19.3 Å². The minimum absolute atomic E-state index is 0.127. The molecule has 0 aromatic heterocycles. The van der Waals surface area contributed by atoms with E-state index < -0.39 is 5.60 Å². The highest BCUT2D eigenvalue weighted by molar-refractivity contribution is 5.70. The number of nitrogens with zero attached hydrogens (tertiary/aromatic N) is 1. The van der Waals surface area contributed by atoms with Crippen molar-refractivity contribution in [3.05, 3.63) is 11.6 Å². The van der Waals surface area contributed by atoms with Gasteiger partial charge in [-0.1, -0.05) is 25.0 Å². The summed E-state index contributed by atoms with van der Waals surface area (Å²) in [6.07, 6.45) is 10.4. The Bertz CT molecular complexity index is 381. The first-order valence-electron chi connectivity index (χ1n) is 8.11. The van der Waals surface area contributed by atoms with Crippen molar-refractivity contribution in [3.8, 4) is 0 Å². The highest BCUT2D eigenvalue weighted by Gasteiger charge is 2.38. The predicted molar refractivity (Wildman–Crippen MR) is 81.7 cm³/mol. The molecule has 2 bridgehead atoms. The summed E-state index contributed by atoms with van der Waals surface area (Å²) < 4.78 is 5.59. The molecule has 0 aromatic carbocycles. The van der Waals surface area contributed by atoms with Crippen molar-refractivity contribution in [2.75, 3.05) is 0 Å². The molecular formula is C17H29NO2. The fourth-order valence-corrected chi connectivity index (χ4v) is 3.31. The van der Waals surface area contributed by atoms with Crippen LogP contribution in [0.15, 0.2) is 11.6 Å². The largest absolute Gasteiger partial charge is 0.444 e. The van der Waals surface area contributed by atoms with Gasteiger partial charge in [-0.3, -0.25) is 4.90 Å². The van der Waals surface area contributed by atoms with Gasteiger partial charge in [0.2, 0.25) is 0 Å². The maximum Gasteiger partial charge on any atom is 0.411 e. The first-order valence-corrected chi connectivity index (χ1v) is 8.11. The molecule has 1 saturated heterocycles. The van der Waals surface area contributed by atoms with Crippen LogP contribution in [0, 0.1) is 0 Å². The lowest BCUT2D eigenvalue weighted by Crippen LogP contribution is -2.53. The summed E-state index contributed by atoms with van der Waals surface area (Å²) in [5.74, 6) is 0. The van der Waals surface area contributed by atoms with Gasteiger partial charge in [0, 0.05) is 6.04 Å². The fourth-order valence-electron chi connectivity index (χ4n) is 3.31. The highest BCUT2D eigenvalue weighted by atomic mass is 16.6. The number of hydrogen-bond donors (Lipinski definition) is 0. The Morgan fingerprint density at radius 1 is 1.40 bits per heavy atom. The van der Waals surface area contributed by atoms with Gasteiger partial charge in [-0.25, -0.2) is 4.79 Å². The van der Waals surface area contributed by atoms with Crippen molar-refractivity contribution in [1.82, 2.24) is 4.90 Å². The Hall–Kier alpha value is -0.990. The van der Waals surface area contributed by atoms with E-state index in [1.165, 1.54) is 25.7 Å². The minimum atomic E-state index is -0.405. The SMILES string of the molecule is CCCCC1=CC2CCCC(C1)N2C(=O)OC(C)(C)C. The molecule has 0 radical (unpaired) electrons. The van der Waals surface area contributed by atoms with Crippen LogP contribution in [0.5, 0.6) is 0 Å². The second kappa shape index (κ2) is 6.19. The molecule has 114 valence electrons. The Morgan fingerprint density at radius 2 is 2.15 bits per heavy atom. The molecule has 2 heterocycles. The normalized spacial score (nSPS) is 26.2. The van der Waals surface area contributed by atoms with Crippen LogP contribution >= 0.6 is 0 Å². The van der Waals surface area contributed by atoms with Crippen molar-refractivity contribution < 1.29 is 9.53 Å². The van der Waals surface area contributed by atoms with Crippen LogP contribution in [0.3, 0.4) is 0 Å². The van der Waals surface area contributed by atoms with Gasteiger partial charge >= 0.3 is 6.09 Å². The van der Waals surface area contributed by atoms with Crippen LogP contribution in [0.1, 0.15) is 72.6 Å². The van der Waals surface area contributed by atoms with Gasteiger partial charge < -0.3 is 4.74 Å². The molecule has 0 spiro atoms. The zero-order valence-electron chi connectivity index (χ0n) is 13.4. The Balaban J connectivity index is 2.08. The summed E-state index contributed by atoms with van der Waals surface area (Å²) in [5, 5.41) is 0. The Morgan fingerprint density at radius 3 is 2.75 bits per heavy atom. The van der Waals surface area contributed by atoms with Crippen LogP contribution in [-0.4, -0.2) is 28.7 Å². The zero-order chi connectivity index (χ0) is 14.8. The van der Waals surface area contributed by atoms with E-state index in [9.17, 15) is 4.79 Å². The number of piperidine rings is 1. The first kappa shape index (κ1) is 15.4. The maximum absolute atomic E-state index is 12.4. The van der Waals surface area contributed by atoms with Crippen LogP contribution < -0.4 is 0 Å². The van der Waals surface area contributed by atoms with Crippen molar-refractivity contribution >= 4 is 6.09 Å². The second-order valence-electron chi connectivity index (χ2n) is 7.17. The molecule has 0 saturated carbocycles. The molecule has 0 N–H and O–H groups in total. The van der Waals surface area contributed by atoms with E-state index in [-0.39, 0.29) is 12.1 Å². The van der Waals surface area contributed by atoms with Gasteiger partial charge in [0.1, 0.15) is 5.60 Å². The van der Waals surface area contributed by atoms with E-state index in [4.69, 9.17) is 4.74 Å². The molecule has 0 aliphatic carbocycles. The lowest BCUT2D eigenvalue weighted by atomic mass is 9.84. The lowest BCUT2D eigenvalue weighted by molar-refractivity contribution is -0.00158. The smallest absolute Gasteiger partial charge is 0.411 e. The summed E-state index contributed by atoms with van der Waals surface area (Å²) in [6, 6.07) is 0.629. The third kappa shape index (κ3) is 3.77. The number of rotatable bonds is 3. The van der Waals surface area contributed by atoms with Crippen molar-refractivity contribution in [2.45, 2.75) is 90.3 Å². The molecule has 1 amide bonds. The summed E-state index contributed by atoms with van der Waals surface area (Å²) in [4.78, 5) is 14.4. The summed E-state index contributed by atoms with van der Waals surface area (Å²) >= 11 is 0. The topological polar surface area (TPSA) is 29.5 Å². The van der Waals surface area contributed by atoms with E-state index in [1.807, 2.05) is 25.7 Å². The van der Waals surface area contributed by atoms with Crippen molar-refractivity contribution in [2.24, 2.45) is 0 Å². The molecule has 2 aliphatic rings. The Kier molecular flexibility index (Phi) is 4.77. The number of hydrogen-bond acceptors (Lipinski definition) is 2. The zero-order valence-corrected chi connectivity index (χ0v) is 13.4. The van der Waals surface area contributed by atoms with E-state index in [1.54, 1.807) is 5.57 Å². The average molecular weight is 279 g/mol. The highest BCUT2D eigenvalue weighted by Crippen LogP contribution is 2.35. The minimum Gasteiger partial charge on any atom is -0.444 e. The number of carbonyl (C=O) groups is 1. The summed E-state index contributed by atoms with van der Waals surface area (Å²) in [7, 11) is 0. The Labute approximate surface area is 123 Å². The molecule has 2 aliphatic heterocycles. The summed E-state index contributed by atoms with van der Waals surface area (Å²) in [6.45, 7) is 8.05. The summed E-state index contributed by atoms with van der Waals surface area (Å²) in [5.41, 5.74) is 1.15. The predicted octanol–water partition coefficient (Wildman–Crippen LogP) is 4.66. The first-order chi connectivity index (χ1) is 9.40. The van der Waals surface area contributed by atoms with E-state index in [2.05, 4.69) is 13.0 Å². The third-order valence-electron chi connectivity index (χ3n) is 4.17. The van der Waals surface area contributed by atoms with Crippen molar-refractivity contribution in [1.29, 1.82) is 0 Å². The average Bonchev–Trinajstić information content (AvgIpc) is 2.32. The van der Waals surface area contributed by atoms with E-state index in [0.29, 0.717) is 6.04 Å². The monoisotopic (exact) mass is 279 g/mol. The van der Waals surface area contributed by atoms with Crippen LogP contribution in [0.4, 0.5) is 4.79 Å². The maximum atomic E-state index is 12.4. The molecule has 0 aromatic rings. The molecule has 2 unspecified atom stereocenters. The standard InChI is InChI=1S/C17H29NO2/c1-5-6-8-13-11-14-9-7-10-15(12-13)18(14)16(19)20-17(2,3)4/h11,14-15H,5-10,12H2,1-4H3. The van der Waals surface area contributed by atoms with Crippen molar-refractivity contribution in [3.63, 3.8) is 0 Å². The number of ether oxygens (including phenoxy) is 1. The molecule has 3 heteroatoms. The molecule has 2 rings (SSSR count). The van der Waals surface area contributed by atoms with Crippen LogP contribution in [0.2, 0.25) is 0 Å². The van der Waals surface area contributed by atoms with Gasteiger partial charge in [0.25, 0.3) is 0 Å². The lowest BCUT2D eigenvalue weighted by Gasteiger charge is -2.45. The van der Waals surface area contributed by atoms with E-state index >= 15 is 0 Å². The number of fused-ring (bicyclic) bond motifs is 2. The molecule has 1 fully saturated rings.